The summed E-state index contributed by atoms with van der Waals surface area (Å²) in [7, 11) is 1.72. The predicted octanol–water partition coefficient (Wildman–Crippen LogP) is 6.19. The van der Waals surface area contributed by atoms with Crippen LogP contribution in [0.25, 0.3) is 0 Å². The molecule has 3 aliphatic rings. The average molecular weight is 420 g/mol. The summed E-state index contributed by atoms with van der Waals surface area (Å²) in [5.41, 5.74) is 0.389. The molecule has 3 nitrogen and oxygen atoms in total. The van der Waals surface area contributed by atoms with Gasteiger partial charge < -0.3 is 10.4 Å². The lowest BCUT2D eigenvalue weighted by Crippen LogP contribution is -2.54. The topological polar surface area (TPSA) is 49.3 Å². The van der Waals surface area contributed by atoms with Gasteiger partial charge in [0.15, 0.2) is 0 Å². The summed E-state index contributed by atoms with van der Waals surface area (Å²) in [5.74, 6) is 4.79. The van der Waals surface area contributed by atoms with Crippen molar-refractivity contribution in [1.29, 1.82) is 0 Å². The molecule has 0 aromatic heterocycles. The van der Waals surface area contributed by atoms with E-state index in [2.05, 4.69) is 39.9 Å². The Morgan fingerprint density at radius 2 is 1.77 bits per heavy atom. The molecule has 0 aliphatic heterocycles. The van der Waals surface area contributed by atoms with Crippen molar-refractivity contribution in [3.63, 3.8) is 0 Å². The van der Waals surface area contributed by atoms with E-state index in [-0.39, 0.29) is 17.4 Å². The zero-order valence-electron chi connectivity index (χ0n) is 20.7. The third-order valence-electron chi connectivity index (χ3n) is 10.2. The Balaban J connectivity index is 1.71. The number of amides is 1. The highest BCUT2D eigenvalue weighted by molar-refractivity contribution is 5.75. The largest absolute Gasteiger partial charge is 0.393 e. The molecule has 3 heteroatoms. The molecule has 30 heavy (non-hydrogen) atoms. The van der Waals surface area contributed by atoms with Crippen LogP contribution in [0.4, 0.5) is 0 Å². The van der Waals surface area contributed by atoms with Gasteiger partial charge >= 0.3 is 0 Å². The molecule has 3 saturated carbocycles. The van der Waals surface area contributed by atoms with E-state index in [1.165, 1.54) is 51.4 Å². The van der Waals surface area contributed by atoms with Gasteiger partial charge in [0, 0.05) is 13.5 Å². The van der Waals surface area contributed by atoms with Crippen molar-refractivity contribution in [3.8, 4) is 0 Å². The lowest BCUT2D eigenvalue weighted by Gasteiger charge is -2.58. The lowest BCUT2D eigenvalue weighted by atomic mass is 9.47. The molecule has 3 aliphatic carbocycles. The minimum atomic E-state index is -0.250. The molecule has 0 unspecified atom stereocenters. The zero-order valence-corrected chi connectivity index (χ0v) is 20.7. The molecule has 1 amide bonds. The van der Waals surface area contributed by atoms with E-state index in [1.807, 2.05) is 0 Å². The van der Waals surface area contributed by atoms with Crippen LogP contribution >= 0.6 is 0 Å². The second-order valence-corrected chi connectivity index (χ2v) is 12.2. The maximum absolute atomic E-state index is 12.0. The summed E-state index contributed by atoms with van der Waals surface area (Å²) in [4.78, 5) is 12.0. The van der Waals surface area contributed by atoms with Crippen molar-refractivity contribution in [2.75, 3.05) is 7.05 Å². The van der Waals surface area contributed by atoms with Crippen LogP contribution in [0.3, 0.4) is 0 Å². The molecular weight excluding hydrogens is 370 g/mol. The normalized spacial score (nSPS) is 41.9. The number of aliphatic hydroxyl groups excluding tert-OH is 1. The summed E-state index contributed by atoms with van der Waals surface area (Å²) in [6.07, 6.45) is 12.7. The van der Waals surface area contributed by atoms with Gasteiger partial charge in [-0.2, -0.15) is 0 Å². The number of carbonyl (C=O) groups excluding carboxylic acids is 1. The maximum Gasteiger partial charge on any atom is 0.219 e. The van der Waals surface area contributed by atoms with Crippen molar-refractivity contribution in [2.45, 2.75) is 111 Å². The van der Waals surface area contributed by atoms with Crippen LogP contribution in [0.2, 0.25) is 0 Å². The predicted molar refractivity (Wildman–Crippen MR) is 125 cm³/mol. The smallest absolute Gasteiger partial charge is 0.219 e. The molecular formula is C27H49NO2. The van der Waals surface area contributed by atoms with Gasteiger partial charge in [0.25, 0.3) is 0 Å². The molecule has 2 N–H and O–H groups in total. The Bertz CT molecular complexity index is 589. The number of nitrogens with one attached hydrogen (secondary N) is 1. The van der Waals surface area contributed by atoms with Crippen molar-refractivity contribution in [3.05, 3.63) is 0 Å². The van der Waals surface area contributed by atoms with Gasteiger partial charge in [0.2, 0.25) is 5.91 Å². The first kappa shape index (κ1) is 24.1. The number of carbonyl (C=O) groups is 1. The SMILES string of the molecule is CNC(=O)CC[C@@]1(C)[C@@H]2CC[C@]3(C)[C@@H]([C@@H](C)CCCC(C)C)CC[C@H]3[C@H]2CC[C@@H]1O. The van der Waals surface area contributed by atoms with Gasteiger partial charge in [0.05, 0.1) is 6.10 Å². The third kappa shape index (κ3) is 4.48. The minimum Gasteiger partial charge on any atom is -0.393 e. The van der Waals surface area contributed by atoms with Gasteiger partial charge in [-0.05, 0) is 91.3 Å². The fourth-order valence-corrected chi connectivity index (χ4v) is 8.32. The number of hydrogen-bond acceptors (Lipinski definition) is 2. The number of hydrogen-bond donors (Lipinski definition) is 2. The Morgan fingerprint density at radius 3 is 2.43 bits per heavy atom. The second kappa shape index (κ2) is 9.51. The first-order chi connectivity index (χ1) is 14.1. The highest BCUT2D eigenvalue weighted by atomic mass is 16.3. The van der Waals surface area contributed by atoms with Gasteiger partial charge in [-0.15, -0.1) is 0 Å². The van der Waals surface area contributed by atoms with Gasteiger partial charge in [-0.25, -0.2) is 0 Å². The van der Waals surface area contributed by atoms with Crippen LogP contribution in [0.5, 0.6) is 0 Å². The summed E-state index contributed by atoms with van der Waals surface area (Å²) in [6.45, 7) is 12.1. The van der Waals surface area contributed by atoms with E-state index in [1.54, 1.807) is 7.05 Å². The van der Waals surface area contributed by atoms with E-state index in [4.69, 9.17) is 0 Å². The van der Waals surface area contributed by atoms with E-state index in [0.29, 0.717) is 17.8 Å². The van der Waals surface area contributed by atoms with E-state index in [9.17, 15) is 9.90 Å². The van der Waals surface area contributed by atoms with E-state index < -0.39 is 0 Å². The van der Waals surface area contributed by atoms with E-state index >= 15 is 0 Å². The van der Waals surface area contributed by atoms with Crippen molar-refractivity contribution >= 4 is 5.91 Å². The molecule has 0 spiro atoms. The summed E-state index contributed by atoms with van der Waals surface area (Å²) < 4.78 is 0. The maximum atomic E-state index is 12.0. The molecule has 8 atom stereocenters. The molecule has 3 fully saturated rings. The molecule has 174 valence electrons. The summed E-state index contributed by atoms with van der Waals surface area (Å²) in [5, 5.41) is 13.8. The fourth-order valence-electron chi connectivity index (χ4n) is 8.32. The summed E-state index contributed by atoms with van der Waals surface area (Å²) >= 11 is 0. The Morgan fingerprint density at radius 1 is 1.03 bits per heavy atom. The average Bonchev–Trinajstić information content (AvgIpc) is 3.06. The minimum absolute atomic E-state index is 0.0995. The molecule has 0 radical (unpaired) electrons. The van der Waals surface area contributed by atoms with Crippen molar-refractivity contribution in [1.82, 2.24) is 5.32 Å². The Kier molecular flexibility index (Phi) is 7.63. The van der Waals surface area contributed by atoms with Crippen LogP contribution in [-0.4, -0.2) is 24.2 Å². The molecule has 0 saturated heterocycles. The molecule has 0 heterocycles. The lowest BCUT2D eigenvalue weighted by molar-refractivity contribution is -0.138. The number of aliphatic hydroxyl groups is 1. The molecule has 0 bridgehead atoms. The Hall–Kier alpha value is -0.570. The van der Waals surface area contributed by atoms with E-state index in [0.717, 1.165) is 42.4 Å². The standard InChI is InChI=1S/C27H49NO2/c1-18(2)8-7-9-19(3)21-11-12-22-20-10-13-24(29)27(5,17-15-25(30)28-6)23(20)14-16-26(21,22)4/h18-24,29H,7-17H2,1-6H3,(H,28,30)/t19-,20+,21+,22-,23+,24-,26+,27-/m0/s1. The monoisotopic (exact) mass is 419 g/mol. The van der Waals surface area contributed by atoms with Crippen LogP contribution in [0.15, 0.2) is 0 Å². The zero-order chi connectivity index (χ0) is 22.1. The number of fused-ring (bicyclic) bond motifs is 3. The first-order valence-corrected chi connectivity index (χ1v) is 13.0. The van der Waals surface area contributed by atoms with Crippen molar-refractivity contribution < 1.29 is 9.90 Å². The van der Waals surface area contributed by atoms with Crippen molar-refractivity contribution in [2.24, 2.45) is 46.3 Å². The second-order valence-electron chi connectivity index (χ2n) is 12.2. The Labute approximate surface area is 186 Å². The summed E-state index contributed by atoms with van der Waals surface area (Å²) in [6, 6.07) is 0. The van der Waals surface area contributed by atoms with Crippen LogP contribution in [-0.2, 0) is 4.79 Å². The van der Waals surface area contributed by atoms with Gasteiger partial charge in [0.1, 0.15) is 0 Å². The highest BCUT2D eigenvalue weighted by Crippen LogP contribution is 2.66. The number of rotatable bonds is 8. The van der Waals surface area contributed by atoms with Crippen LogP contribution in [0, 0.1) is 46.3 Å². The fraction of sp³-hybridized carbons (Fsp3) is 0.963. The van der Waals surface area contributed by atoms with Crippen LogP contribution in [0.1, 0.15) is 105 Å². The first-order valence-electron chi connectivity index (χ1n) is 13.0. The van der Waals surface area contributed by atoms with Crippen LogP contribution < -0.4 is 5.32 Å². The quantitative estimate of drug-likeness (QED) is 0.492. The highest BCUT2D eigenvalue weighted by Gasteiger charge is 2.59. The van der Waals surface area contributed by atoms with Gasteiger partial charge in [-0.3, -0.25) is 4.79 Å². The molecule has 0 aromatic carbocycles. The molecule has 0 aromatic rings. The third-order valence-corrected chi connectivity index (χ3v) is 10.2. The molecule has 3 rings (SSSR count). The van der Waals surface area contributed by atoms with Gasteiger partial charge in [-0.1, -0.05) is 53.9 Å².